The maximum Gasteiger partial charge on any atom is 0.0593 e. The first-order chi connectivity index (χ1) is 5.70. The molecular weight excluding hydrogens is 168 g/mol. The van der Waals surface area contributed by atoms with Gasteiger partial charge in [-0.3, -0.25) is 0 Å². The van der Waals surface area contributed by atoms with Crippen LogP contribution in [-0.4, -0.2) is 0 Å². The van der Waals surface area contributed by atoms with E-state index in [-0.39, 0.29) is 5.38 Å². The SMILES string of the molecule is Cc1ccc(C)c2c1CCC2Cl. The molecule has 0 nitrogen and oxygen atoms in total. The summed E-state index contributed by atoms with van der Waals surface area (Å²) in [5, 5.41) is 0.264. The molecule has 2 rings (SSSR count). The first-order valence-electron chi connectivity index (χ1n) is 4.43. The molecular formula is C11H13Cl. The maximum absolute atomic E-state index is 6.22. The predicted octanol–water partition coefficient (Wildman–Crippen LogP) is 3.53. The second-order valence-electron chi connectivity index (χ2n) is 3.60. The highest BCUT2D eigenvalue weighted by atomic mass is 35.5. The Morgan fingerprint density at radius 1 is 1.25 bits per heavy atom. The van der Waals surface area contributed by atoms with Gasteiger partial charge in [-0.25, -0.2) is 0 Å². The van der Waals surface area contributed by atoms with E-state index in [1.54, 1.807) is 0 Å². The molecule has 1 unspecified atom stereocenters. The van der Waals surface area contributed by atoms with Gasteiger partial charge in [-0.15, -0.1) is 11.6 Å². The Morgan fingerprint density at radius 3 is 2.58 bits per heavy atom. The molecule has 1 aliphatic carbocycles. The van der Waals surface area contributed by atoms with Crippen LogP contribution in [-0.2, 0) is 6.42 Å². The van der Waals surface area contributed by atoms with E-state index in [0.717, 1.165) is 12.8 Å². The quantitative estimate of drug-likeness (QED) is 0.536. The number of alkyl halides is 1. The molecule has 0 amide bonds. The lowest BCUT2D eigenvalue weighted by Gasteiger charge is -2.08. The van der Waals surface area contributed by atoms with Gasteiger partial charge in [-0.1, -0.05) is 12.1 Å². The molecule has 0 fully saturated rings. The fourth-order valence-electron chi connectivity index (χ4n) is 2.07. The van der Waals surface area contributed by atoms with Crippen molar-refractivity contribution < 1.29 is 0 Å². The van der Waals surface area contributed by atoms with Crippen LogP contribution in [0.3, 0.4) is 0 Å². The van der Waals surface area contributed by atoms with E-state index in [4.69, 9.17) is 11.6 Å². The molecule has 0 heterocycles. The molecule has 0 bridgehead atoms. The third-order valence-electron chi connectivity index (χ3n) is 2.77. The summed E-state index contributed by atoms with van der Waals surface area (Å²) in [6.07, 6.45) is 2.28. The molecule has 64 valence electrons. The standard InChI is InChI=1S/C11H13Cl/c1-7-3-4-8(2)11-9(7)5-6-10(11)12/h3-4,10H,5-6H2,1-2H3. The molecule has 1 heteroatoms. The second-order valence-corrected chi connectivity index (χ2v) is 4.12. The van der Waals surface area contributed by atoms with Crippen molar-refractivity contribution in [2.24, 2.45) is 0 Å². The Hall–Kier alpha value is -0.490. The van der Waals surface area contributed by atoms with Crippen molar-refractivity contribution in [3.05, 3.63) is 34.4 Å². The molecule has 0 aromatic heterocycles. The van der Waals surface area contributed by atoms with Gasteiger partial charge >= 0.3 is 0 Å². The first-order valence-corrected chi connectivity index (χ1v) is 4.87. The summed E-state index contributed by atoms with van der Waals surface area (Å²) in [5.41, 5.74) is 5.65. The normalized spacial score (nSPS) is 21.1. The van der Waals surface area contributed by atoms with Crippen LogP contribution in [0.2, 0.25) is 0 Å². The third kappa shape index (κ3) is 1.06. The Kier molecular flexibility index (Phi) is 1.88. The van der Waals surface area contributed by atoms with Gasteiger partial charge in [0.15, 0.2) is 0 Å². The van der Waals surface area contributed by atoms with Crippen LogP contribution >= 0.6 is 11.6 Å². The molecule has 1 aromatic rings. The van der Waals surface area contributed by atoms with E-state index < -0.39 is 0 Å². The summed E-state index contributed by atoms with van der Waals surface area (Å²) in [6.45, 7) is 4.33. The van der Waals surface area contributed by atoms with Crippen molar-refractivity contribution in [1.82, 2.24) is 0 Å². The predicted molar refractivity (Wildman–Crippen MR) is 52.8 cm³/mol. The minimum atomic E-state index is 0.264. The summed E-state index contributed by atoms with van der Waals surface area (Å²) in [5.74, 6) is 0. The molecule has 0 radical (unpaired) electrons. The van der Waals surface area contributed by atoms with E-state index in [9.17, 15) is 0 Å². The van der Waals surface area contributed by atoms with E-state index in [1.165, 1.54) is 22.3 Å². The van der Waals surface area contributed by atoms with Gasteiger partial charge in [0.2, 0.25) is 0 Å². The van der Waals surface area contributed by atoms with Crippen LogP contribution in [0.4, 0.5) is 0 Å². The zero-order valence-corrected chi connectivity index (χ0v) is 8.28. The highest BCUT2D eigenvalue weighted by Gasteiger charge is 2.23. The van der Waals surface area contributed by atoms with Crippen molar-refractivity contribution in [1.29, 1.82) is 0 Å². The van der Waals surface area contributed by atoms with Crippen LogP contribution in [0.25, 0.3) is 0 Å². The number of hydrogen-bond acceptors (Lipinski definition) is 0. The lowest BCUT2D eigenvalue weighted by molar-refractivity contribution is 0.877. The van der Waals surface area contributed by atoms with Crippen molar-refractivity contribution in [3.8, 4) is 0 Å². The van der Waals surface area contributed by atoms with Crippen LogP contribution < -0.4 is 0 Å². The molecule has 0 saturated carbocycles. The summed E-state index contributed by atoms with van der Waals surface area (Å²) < 4.78 is 0. The van der Waals surface area contributed by atoms with Gasteiger partial charge in [0.25, 0.3) is 0 Å². The highest BCUT2D eigenvalue weighted by Crippen LogP contribution is 2.39. The number of fused-ring (bicyclic) bond motifs is 1. The lowest BCUT2D eigenvalue weighted by Crippen LogP contribution is -1.91. The van der Waals surface area contributed by atoms with E-state index in [1.807, 2.05) is 0 Å². The summed E-state index contributed by atoms with van der Waals surface area (Å²) in [4.78, 5) is 0. The topological polar surface area (TPSA) is 0 Å². The van der Waals surface area contributed by atoms with Gasteiger partial charge < -0.3 is 0 Å². The smallest absolute Gasteiger partial charge is 0.0593 e. The summed E-state index contributed by atoms with van der Waals surface area (Å²) in [7, 11) is 0. The van der Waals surface area contributed by atoms with Gasteiger partial charge in [0.05, 0.1) is 5.38 Å². The fraction of sp³-hybridized carbons (Fsp3) is 0.455. The van der Waals surface area contributed by atoms with Gasteiger partial charge in [-0.05, 0) is 48.9 Å². The van der Waals surface area contributed by atoms with Gasteiger partial charge in [0.1, 0.15) is 0 Å². The molecule has 0 N–H and O–H groups in total. The lowest BCUT2D eigenvalue weighted by atomic mass is 10.00. The zero-order chi connectivity index (χ0) is 8.72. The Labute approximate surface area is 78.6 Å². The first kappa shape index (κ1) is 8.12. The monoisotopic (exact) mass is 180 g/mol. The van der Waals surface area contributed by atoms with Crippen molar-refractivity contribution in [2.45, 2.75) is 32.1 Å². The molecule has 1 aromatic carbocycles. The van der Waals surface area contributed by atoms with Crippen molar-refractivity contribution in [2.75, 3.05) is 0 Å². The molecule has 0 aliphatic heterocycles. The van der Waals surface area contributed by atoms with Gasteiger partial charge in [0, 0.05) is 0 Å². The van der Waals surface area contributed by atoms with Crippen LogP contribution in [0.15, 0.2) is 12.1 Å². The summed E-state index contributed by atoms with van der Waals surface area (Å²) >= 11 is 6.22. The molecule has 12 heavy (non-hydrogen) atoms. The minimum absolute atomic E-state index is 0.264. The average Bonchev–Trinajstić information content (AvgIpc) is 2.42. The van der Waals surface area contributed by atoms with Crippen molar-refractivity contribution in [3.63, 3.8) is 0 Å². The molecule has 1 atom stereocenters. The maximum atomic E-state index is 6.22. The number of aryl methyl sites for hydroxylation is 2. The van der Waals surface area contributed by atoms with Crippen molar-refractivity contribution >= 4 is 11.6 Å². The second kappa shape index (κ2) is 2.77. The Balaban J connectivity index is 2.64. The van der Waals surface area contributed by atoms with E-state index in [2.05, 4.69) is 26.0 Å². The largest absolute Gasteiger partial charge is 0.118 e. The molecule has 0 spiro atoms. The average molecular weight is 181 g/mol. The Bertz CT molecular complexity index is 315. The van der Waals surface area contributed by atoms with Crippen LogP contribution in [0.5, 0.6) is 0 Å². The van der Waals surface area contributed by atoms with Crippen LogP contribution in [0.1, 0.15) is 34.1 Å². The summed E-state index contributed by atoms with van der Waals surface area (Å²) in [6, 6.07) is 4.37. The van der Waals surface area contributed by atoms with E-state index >= 15 is 0 Å². The molecule has 1 aliphatic rings. The van der Waals surface area contributed by atoms with Gasteiger partial charge in [-0.2, -0.15) is 0 Å². The number of hydrogen-bond donors (Lipinski definition) is 0. The van der Waals surface area contributed by atoms with Crippen LogP contribution in [0, 0.1) is 13.8 Å². The third-order valence-corrected chi connectivity index (χ3v) is 3.21. The van der Waals surface area contributed by atoms with E-state index in [0.29, 0.717) is 0 Å². The number of benzene rings is 1. The fourth-order valence-corrected chi connectivity index (χ4v) is 2.49. The Morgan fingerprint density at radius 2 is 1.92 bits per heavy atom. The molecule has 0 saturated heterocycles. The number of halogens is 1. The highest BCUT2D eigenvalue weighted by molar-refractivity contribution is 6.21. The zero-order valence-electron chi connectivity index (χ0n) is 7.52. The minimum Gasteiger partial charge on any atom is -0.118 e. The number of rotatable bonds is 0.